The molecule has 21 heavy (non-hydrogen) atoms. The van der Waals surface area contributed by atoms with E-state index in [0.29, 0.717) is 18.5 Å². The molecule has 0 radical (unpaired) electrons. The topological polar surface area (TPSA) is 107 Å². The lowest BCUT2D eigenvalue weighted by Crippen LogP contribution is -2.26. The van der Waals surface area contributed by atoms with E-state index in [1.807, 2.05) is 13.8 Å². The molecule has 1 aromatic heterocycles. The summed E-state index contributed by atoms with van der Waals surface area (Å²) in [6, 6.07) is -0.0555. The van der Waals surface area contributed by atoms with E-state index in [2.05, 4.69) is 10.4 Å². The quantitative estimate of drug-likeness (QED) is 0.654. The van der Waals surface area contributed by atoms with Crippen molar-refractivity contribution in [1.29, 1.82) is 0 Å². The van der Waals surface area contributed by atoms with Crippen LogP contribution in [-0.4, -0.2) is 40.7 Å². The Labute approximate surface area is 123 Å². The molecular weight excluding hydrogens is 296 g/mol. The molecule has 1 fully saturated rings. The summed E-state index contributed by atoms with van der Waals surface area (Å²) in [4.78, 5) is 10.7. The highest BCUT2D eigenvalue weighted by Gasteiger charge is 2.33. The van der Waals surface area contributed by atoms with Gasteiger partial charge in [-0.2, -0.15) is 5.10 Å². The summed E-state index contributed by atoms with van der Waals surface area (Å²) in [7, 11) is -3.08. The van der Waals surface area contributed by atoms with E-state index in [0.717, 1.165) is 0 Å². The summed E-state index contributed by atoms with van der Waals surface area (Å²) < 4.78 is 25.2. The summed E-state index contributed by atoms with van der Waals surface area (Å²) in [5.74, 6) is 0.485. The van der Waals surface area contributed by atoms with Crippen molar-refractivity contribution in [3.05, 3.63) is 15.8 Å². The minimum absolute atomic E-state index is 0.0555. The molecule has 0 bridgehead atoms. The Morgan fingerprint density at radius 3 is 2.67 bits per heavy atom. The van der Waals surface area contributed by atoms with Crippen LogP contribution in [0.2, 0.25) is 0 Å². The number of sulfone groups is 1. The summed E-state index contributed by atoms with van der Waals surface area (Å²) >= 11 is 0. The van der Waals surface area contributed by atoms with Crippen molar-refractivity contribution in [3.8, 4) is 0 Å². The molecule has 1 aliphatic heterocycles. The number of aryl methyl sites for hydroxylation is 1. The number of hydrogen-bond acceptors (Lipinski definition) is 6. The minimum Gasteiger partial charge on any atom is -0.363 e. The maximum atomic E-state index is 11.8. The van der Waals surface area contributed by atoms with E-state index in [1.165, 1.54) is 4.68 Å². The highest BCUT2D eigenvalue weighted by molar-refractivity contribution is 7.92. The standard InChI is InChI=1S/C12H20N4O4S/c1-8(2)15-12(11(16(17)18)9(3)14-15)13-7-10-5-4-6-21(10,19)20/h8,10,13H,4-7H2,1-3H3. The molecule has 0 aromatic carbocycles. The van der Waals surface area contributed by atoms with Gasteiger partial charge in [0.15, 0.2) is 9.84 Å². The third-order valence-electron chi connectivity index (χ3n) is 3.69. The molecule has 9 heteroatoms. The fourth-order valence-electron chi connectivity index (χ4n) is 2.59. The van der Waals surface area contributed by atoms with Crippen molar-refractivity contribution in [1.82, 2.24) is 9.78 Å². The smallest absolute Gasteiger partial charge is 0.333 e. The predicted molar refractivity (Wildman–Crippen MR) is 79.3 cm³/mol. The number of nitrogens with zero attached hydrogens (tertiary/aromatic N) is 3. The normalized spacial score (nSPS) is 20.9. The lowest BCUT2D eigenvalue weighted by atomic mass is 10.2. The van der Waals surface area contributed by atoms with Gasteiger partial charge in [-0.15, -0.1) is 0 Å². The third-order valence-corrected chi connectivity index (χ3v) is 5.96. The number of nitrogens with one attached hydrogen (secondary N) is 1. The Balaban J connectivity index is 2.28. The predicted octanol–water partition coefficient (Wildman–Crippen LogP) is 1.67. The number of aromatic nitrogens is 2. The van der Waals surface area contributed by atoms with Crippen LogP contribution in [0.15, 0.2) is 0 Å². The Kier molecular flexibility index (Phi) is 4.22. The van der Waals surface area contributed by atoms with Gasteiger partial charge in [0.05, 0.1) is 15.9 Å². The fourth-order valence-corrected chi connectivity index (χ4v) is 4.36. The molecule has 2 heterocycles. The average Bonchev–Trinajstić information content (AvgIpc) is 2.86. The maximum Gasteiger partial charge on any atom is 0.333 e. The molecule has 0 aliphatic carbocycles. The summed E-state index contributed by atoms with van der Waals surface area (Å²) in [6.45, 7) is 5.50. The number of anilines is 1. The van der Waals surface area contributed by atoms with Gasteiger partial charge >= 0.3 is 5.69 Å². The van der Waals surface area contributed by atoms with Crippen LogP contribution in [0.1, 0.15) is 38.4 Å². The molecule has 118 valence electrons. The van der Waals surface area contributed by atoms with Gasteiger partial charge in [0.1, 0.15) is 5.69 Å². The van der Waals surface area contributed by atoms with Gasteiger partial charge in [0.25, 0.3) is 0 Å². The van der Waals surface area contributed by atoms with Crippen LogP contribution < -0.4 is 5.32 Å². The van der Waals surface area contributed by atoms with Crippen LogP contribution in [0.4, 0.5) is 11.5 Å². The zero-order valence-electron chi connectivity index (χ0n) is 12.4. The molecule has 1 atom stereocenters. The van der Waals surface area contributed by atoms with Crippen molar-refractivity contribution < 1.29 is 13.3 Å². The van der Waals surface area contributed by atoms with Crippen molar-refractivity contribution in [2.75, 3.05) is 17.6 Å². The first kappa shape index (κ1) is 15.7. The number of rotatable bonds is 5. The van der Waals surface area contributed by atoms with Gasteiger partial charge < -0.3 is 5.32 Å². The first-order valence-electron chi connectivity index (χ1n) is 6.93. The molecule has 2 rings (SSSR count). The summed E-state index contributed by atoms with van der Waals surface area (Å²) in [5.41, 5.74) is 0.240. The lowest BCUT2D eigenvalue weighted by molar-refractivity contribution is -0.384. The molecule has 1 unspecified atom stereocenters. The van der Waals surface area contributed by atoms with E-state index in [1.54, 1.807) is 6.92 Å². The molecule has 8 nitrogen and oxygen atoms in total. The van der Waals surface area contributed by atoms with E-state index in [-0.39, 0.29) is 29.8 Å². The average molecular weight is 316 g/mol. The first-order chi connectivity index (χ1) is 9.74. The van der Waals surface area contributed by atoms with E-state index in [4.69, 9.17) is 0 Å². The van der Waals surface area contributed by atoms with Crippen LogP contribution in [0, 0.1) is 17.0 Å². The minimum atomic E-state index is -3.08. The highest BCUT2D eigenvalue weighted by Crippen LogP contribution is 2.31. The highest BCUT2D eigenvalue weighted by atomic mass is 32.2. The largest absolute Gasteiger partial charge is 0.363 e. The second-order valence-corrected chi connectivity index (χ2v) is 7.99. The molecule has 0 spiro atoms. The Hall–Kier alpha value is -1.64. The SMILES string of the molecule is Cc1nn(C(C)C)c(NCC2CCCS2(=O)=O)c1[N+](=O)[O-]. The molecule has 1 aliphatic rings. The molecule has 1 saturated heterocycles. The Morgan fingerprint density at radius 2 is 2.19 bits per heavy atom. The number of nitro groups is 1. The van der Waals surface area contributed by atoms with Gasteiger partial charge in [-0.25, -0.2) is 13.1 Å². The summed E-state index contributed by atoms with van der Waals surface area (Å²) in [6.07, 6.45) is 1.25. The van der Waals surface area contributed by atoms with Gasteiger partial charge in [-0.05, 0) is 33.6 Å². The van der Waals surface area contributed by atoms with E-state index in [9.17, 15) is 18.5 Å². The second-order valence-electron chi connectivity index (χ2n) is 5.59. The van der Waals surface area contributed by atoms with Crippen LogP contribution in [0.3, 0.4) is 0 Å². The van der Waals surface area contributed by atoms with Gasteiger partial charge in [0, 0.05) is 12.6 Å². The van der Waals surface area contributed by atoms with Crippen LogP contribution in [-0.2, 0) is 9.84 Å². The van der Waals surface area contributed by atoms with E-state index >= 15 is 0 Å². The monoisotopic (exact) mass is 316 g/mol. The first-order valence-corrected chi connectivity index (χ1v) is 8.64. The van der Waals surface area contributed by atoms with Crippen LogP contribution in [0.25, 0.3) is 0 Å². The molecule has 0 amide bonds. The fraction of sp³-hybridized carbons (Fsp3) is 0.750. The zero-order chi connectivity index (χ0) is 15.8. The van der Waals surface area contributed by atoms with Gasteiger partial charge in [-0.1, -0.05) is 0 Å². The molecule has 1 N–H and O–H groups in total. The summed E-state index contributed by atoms with van der Waals surface area (Å²) in [5, 5.41) is 17.8. The van der Waals surface area contributed by atoms with Crippen molar-refractivity contribution in [3.63, 3.8) is 0 Å². The van der Waals surface area contributed by atoms with Crippen LogP contribution >= 0.6 is 0 Å². The molecule has 0 saturated carbocycles. The van der Waals surface area contributed by atoms with Crippen molar-refractivity contribution in [2.24, 2.45) is 0 Å². The maximum absolute atomic E-state index is 11.8. The van der Waals surface area contributed by atoms with Gasteiger partial charge in [-0.3, -0.25) is 10.1 Å². The van der Waals surface area contributed by atoms with Crippen molar-refractivity contribution >= 4 is 21.3 Å². The lowest BCUT2D eigenvalue weighted by Gasteiger charge is -2.14. The van der Waals surface area contributed by atoms with E-state index < -0.39 is 20.0 Å². The number of hydrogen-bond donors (Lipinski definition) is 1. The molecule has 1 aromatic rings. The van der Waals surface area contributed by atoms with Crippen LogP contribution in [0.5, 0.6) is 0 Å². The third kappa shape index (κ3) is 3.02. The second kappa shape index (κ2) is 5.63. The van der Waals surface area contributed by atoms with Gasteiger partial charge in [0.2, 0.25) is 5.82 Å². The van der Waals surface area contributed by atoms with Crippen molar-refractivity contribution in [2.45, 2.75) is 44.9 Å². The zero-order valence-corrected chi connectivity index (χ0v) is 13.2. The Morgan fingerprint density at radius 1 is 1.52 bits per heavy atom. The Bertz CT molecular complexity index is 650. The molecular formula is C12H20N4O4S.